The van der Waals surface area contributed by atoms with E-state index in [2.05, 4.69) is 16.0 Å². The summed E-state index contributed by atoms with van der Waals surface area (Å²) in [6, 6.07) is 4.79. The van der Waals surface area contributed by atoms with Crippen molar-refractivity contribution in [2.45, 2.75) is 198 Å². The van der Waals surface area contributed by atoms with Crippen molar-refractivity contribution in [3.05, 3.63) is 30.1 Å². The molecule has 0 amide bonds. The molecule has 358 valence electrons. The number of aliphatic hydroxyl groups excluding tert-OH is 1. The molecule has 0 radical (unpaired) electrons. The van der Waals surface area contributed by atoms with E-state index < -0.39 is 101 Å². The average molecular weight is 886 g/mol. The minimum absolute atomic E-state index is 0.0742. The van der Waals surface area contributed by atoms with Crippen molar-refractivity contribution in [1.29, 1.82) is 0 Å². The molecule has 16 heteroatoms. The quantitative estimate of drug-likeness (QED) is 0.111. The molecule has 0 aromatic heterocycles. The number of nitrogens with one attached hydrogen (secondary N) is 3. The molecule has 0 spiro atoms. The van der Waals surface area contributed by atoms with Crippen molar-refractivity contribution in [2.24, 2.45) is 17.8 Å². The van der Waals surface area contributed by atoms with Gasteiger partial charge in [-0.2, -0.15) is 0 Å². The number of carbonyl (C=O) groups is 1. The van der Waals surface area contributed by atoms with Crippen molar-refractivity contribution in [2.75, 3.05) is 33.8 Å². The van der Waals surface area contributed by atoms with E-state index >= 15 is 0 Å². The number of carbonyl (C=O) groups excluding carboxylic acids is 1. The van der Waals surface area contributed by atoms with Crippen LogP contribution >= 0.6 is 0 Å². The number of likely N-dealkylation sites (N-methyl/N-ethyl adjacent to an activating group) is 1. The monoisotopic (exact) mass is 886 g/mol. The van der Waals surface area contributed by atoms with Crippen LogP contribution in [0.15, 0.2) is 24.3 Å². The lowest BCUT2D eigenvalue weighted by molar-refractivity contribution is -0.335. The van der Waals surface area contributed by atoms with Gasteiger partial charge in [-0.05, 0) is 124 Å². The standard InChI is InChI=1S/C46H80FN3O12/c1-14-20-49-25-46(55)31(8)58-36(23-44(46,10)56-13)61-37-28(5)40(62-42-38(34(48-12)21-27(4)57-42)59-33-18-16-32(47)17-19-33)43(9,53)22-26(3)24-50-30(7)39(51)45(11,54)35(15-2)60-41(52)29(37)6/h16-19,26-31,34-40,42,48-51,53-55H,14-15,20-25H2,1-13H3/t26-,27-,28+,29-,30-,31+,34+,35-,36+,37+,38-,39-,40-,42+,43-,44-,45-,46+/m1/s1. The van der Waals surface area contributed by atoms with E-state index in [1.807, 2.05) is 34.7 Å². The van der Waals surface area contributed by atoms with Gasteiger partial charge in [0, 0.05) is 32.0 Å². The number of methoxy groups -OCH3 is 1. The van der Waals surface area contributed by atoms with E-state index in [-0.39, 0.29) is 43.9 Å². The number of hydrogen-bond donors (Lipinski definition) is 7. The highest BCUT2D eigenvalue weighted by atomic mass is 19.1. The molecule has 62 heavy (non-hydrogen) atoms. The second kappa shape index (κ2) is 22.0. The van der Waals surface area contributed by atoms with Crippen LogP contribution in [0.4, 0.5) is 4.39 Å². The van der Waals surface area contributed by atoms with E-state index in [0.29, 0.717) is 25.3 Å². The summed E-state index contributed by atoms with van der Waals surface area (Å²) in [5.74, 6) is -2.79. The Morgan fingerprint density at radius 2 is 1.61 bits per heavy atom. The maximum Gasteiger partial charge on any atom is 0.311 e. The SMILES string of the molecule is CCCNC[C@]1(O)[C@H](C)O[C@@H](O[C@H]2[C@H](C)[C@@H](O[C@@H]3O[C@H](C)C[C@H](NC)[C@H]3Oc3ccc(F)cc3)[C@](C)(O)C[C@@H](C)CN[C@H](C)[C@@H](O)[C@](C)(O)[C@@H](CC)OC(=O)[C@@H]2C)C[C@@]1(C)OC. The molecule has 3 heterocycles. The van der Waals surface area contributed by atoms with Crippen molar-refractivity contribution in [3.63, 3.8) is 0 Å². The molecule has 4 rings (SSSR count). The lowest BCUT2D eigenvalue weighted by atomic mass is 9.75. The van der Waals surface area contributed by atoms with Gasteiger partial charge in [0.15, 0.2) is 18.7 Å². The van der Waals surface area contributed by atoms with Gasteiger partial charge < -0.3 is 69.5 Å². The zero-order valence-corrected chi connectivity index (χ0v) is 39.5. The van der Waals surface area contributed by atoms with E-state index in [9.17, 15) is 29.6 Å². The van der Waals surface area contributed by atoms with E-state index in [4.69, 9.17) is 33.2 Å². The number of esters is 1. The Bertz CT molecular complexity index is 1540. The number of halogens is 1. The molecule has 0 saturated carbocycles. The molecule has 7 N–H and O–H groups in total. The van der Waals surface area contributed by atoms with E-state index in [0.717, 1.165) is 6.42 Å². The van der Waals surface area contributed by atoms with E-state index in [1.165, 1.54) is 38.3 Å². The summed E-state index contributed by atoms with van der Waals surface area (Å²) in [5.41, 5.74) is -6.07. The summed E-state index contributed by atoms with van der Waals surface area (Å²) in [5, 5.41) is 58.1. The Labute approximate surface area is 369 Å². The molecule has 1 aromatic rings. The molecule has 1 aromatic carbocycles. The second-order valence-electron chi connectivity index (χ2n) is 19.1. The molecule has 3 aliphatic heterocycles. The largest absolute Gasteiger partial charge is 0.483 e. The van der Waals surface area contributed by atoms with Crippen LogP contribution in [0.25, 0.3) is 0 Å². The number of cyclic esters (lactones) is 1. The van der Waals surface area contributed by atoms with Gasteiger partial charge in [-0.15, -0.1) is 0 Å². The van der Waals surface area contributed by atoms with Crippen LogP contribution in [-0.2, 0) is 33.2 Å². The number of ether oxygens (including phenoxy) is 7. The molecule has 0 unspecified atom stereocenters. The highest BCUT2D eigenvalue weighted by molar-refractivity contribution is 5.73. The number of aliphatic hydroxyl groups is 4. The van der Waals surface area contributed by atoms with Gasteiger partial charge in [-0.25, -0.2) is 4.39 Å². The predicted molar refractivity (Wildman–Crippen MR) is 232 cm³/mol. The fourth-order valence-corrected chi connectivity index (χ4v) is 9.80. The molecule has 15 nitrogen and oxygen atoms in total. The van der Waals surface area contributed by atoms with Gasteiger partial charge in [0.1, 0.15) is 40.6 Å². The lowest BCUT2D eigenvalue weighted by Gasteiger charge is -2.53. The highest BCUT2D eigenvalue weighted by Gasteiger charge is 2.58. The molecule has 3 saturated heterocycles. The molecule has 18 atom stereocenters. The van der Waals surface area contributed by atoms with Crippen LogP contribution < -0.4 is 20.7 Å². The summed E-state index contributed by atoms with van der Waals surface area (Å²) < 4.78 is 59.6. The summed E-state index contributed by atoms with van der Waals surface area (Å²) in [6.45, 7) is 20.9. The van der Waals surface area contributed by atoms with Crippen LogP contribution in [0.1, 0.15) is 108 Å². The fraction of sp³-hybridized carbons (Fsp3) is 0.848. The van der Waals surface area contributed by atoms with Crippen molar-refractivity contribution < 1.29 is 62.8 Å². The second-order valence-corrected chi connectivity index (χ2v) is 19.1. The summed E-state index contributed by atoms with van der Waals surface area (Å²) in [7, 11) is 3.35. The third-order valence-electron chi connectivity index (χ3n) is 13.8. The Morgan fingerprint density at radius 3 is 2.21 bits per heavy atom. The maximum absolute atomic E-state index is 14.5. The van der Waals surface area contributed by atoms with Gasteiger partial charge in [-0.1, -0.05) is 27.7 Å². The molecular formula is C46H80FN3O12. The van der Waals surface area contributed by atoms with Gasteiger partial charge in [0.2, 0.25) is 0 Å². The molecule has 3 fully saturated rings. The first-order valence-corrected chi connectivity index (χ1v) is 22.7. The van der Waals surface area contributed by atoms with Crippen molar-refractivity contribution in [1.82, 2.24) is 16.0 Å². The predicted octanol–water partition coefficient (Wildman–Crippen LogP) is 3.81. The van der Waals surface area contributed by atoms with Gasteiger partial charge in [-0.3, -0.25) is 4.79 Å². The van der Waals surface area contributed by atoms with Crippen LogP contribution in [0, 0.1) is 23.6 Å². The fourth-order valence-electron chi connectivity index (χ4n) is 9.80. The number of rotatable bonds is 13. The smallest absolute Gasteiger partial charge is 0.311 e. The minimum Gasteiger partial charge on any atom is -0.483 e. The van der Waals surface area contributed by atoms with Crippen LogP contribution in [0.2, 0.25) is 0 Å². The first kappa shape index (κ1) is 52.6. The van der Waals surface area contributed by atoms with Crippen molar-refractivity contribution >= 4 is 5.97 Å². The van der Waals surface area contributed by atoms with Crippen LogP contribution in [0.5, 0.6) is 5.75 Å². The average Bonchev–Trinajstić information content (AvgIpc) is 3.22. The molecule has 0 aliphatic carbocycles. The summed E-state index contributed by atoms with van der Waals surface area (Å²) in [6.07, 6.45) is -6.63. The Balaban J connectivity index is 1.84. The number of benzene rings is 1. The molecule has 0 bridgehead atoms. The summed E-state index contributed by atoms with van der Waals surface area (Å²) in [4.78, 5) is 14.5. The first-order chi connectivity index (χ1) is 29.0. The van der Waals surface area contributed by atoms with E-state index in [1.54, 1.807) is 41.5 Å². The lowest BCUT2D eigenvalue weighted by Crippen LogP contribution is -2.70. The van der Waals surface area contributed by atoms with Crippen LogP contribution in [-0.4, -0.2) is 150 Å². The zero-order valence-electron chi connectivity index (χ0n) is 39.5. The van der Waals surface area contributed by atoms with Gasteiger partial charge >= 0.3 is 5.97 Å². The Morgan fingerprint density at radius 1 is 0.952 bits per heavy atom. The van der Waals surface area contributed by atoms with Gasteiger partial charge in [0.05, 0.1) is 42.0 Å². The third kappa shape index (κ3) is 12.0. The minimum atomic E-state index is -1.84. The highest BCUT2D eigenvalue weighted by Crippen LogP contribution is 2.43. The Kier molecular flexibility index (Phi) is 18.6. The topological polar surface area (TPSA) is 199 Å². The van der Waals surface area contributed by atoms with Crippen molar-refractivity contribution in [3.8, 4) is 5.75 Å². The first-order valence-electron chi connectivity index (χ1n) is 22.7. The zero-order chi connectivity index (χ0) is 46.4. The molecule has 3 aliphatic rings. The number of hydrogen-bond acceptors (Lipinski definition) is 15. The Hall–Kier alpha value is -2.06. The third-order valence-corrected chi connectivity index (χ3v) is 13.8. The summed E-state index contributed by atoms with van der Waals surface area (Å²) >= 11 is 0. The molecular weight excluding hydrogens is 806 g/mol. The normalized spacial score (nSPS) is 44.2. The van der Waals surface area contributed by atoms with Gasteiger partial charge in [0.25, 0.3) is 0 Å². The maximum atomic E-state index is 14.5. The van der Waals surface area contributed by atoms with Crippen LogP contribution in [0.3, 0.4) is 0 Å².